The second-order valence-electron chi connectivity index (χ2n) is 9.79. The van der Waals surface area contributed by atoms with E-state index in [1.54, 1.807) is 68.8 Å². The van der Waals surface area contributed by atoms with Gasteiger partial charge in [0.1, 0.15) is 33.9 Å². The van der Waals surface area contributed by atoms with Crippen molar-refractivity contribution in [2.45, 2.75) is 37.8 Å². The van der Waals surface area contributed by atoms with E-state index >= 15 is 4.39 Å². The van der Waals surface area contributed by atoms with E-state index < -0.39 is 23.7 Å². The van der Waals surface area contributed by atoms with Crippen LogP contribution in [0.5, 0.6) is 11.5 Å². The summed E-state index contributed by atoms with van der Waals surface area (Å²) in [6.07, 6.45) is 3.72. The Morgan fingerprint density at radius 3 is 2.20 bits per heavy atom. The number of amides is 2. The highest BCUT2D eigenvalue weighted by Gasteiger charge is 2.38. The van der Waals surface area contributed by atoms with Gasteiger partial charge in [-0.2, -0.15) is 4.37 Å². The van der Waals surface area contributed by atoms with Gasteiger partial charge in [0.2, 0.25) is 5.91 Å². The molecule has 1 aliphatic carbocycles. The monoisotopic (exact) mass is 574 g/mol. The highest BCUT2D eigenvalue weighted by atomic mass is 32.1. The van der Waals surface area contributed by atoms with Gasteiger partial charge in [-0.1, -0.05) is 37.1 Å². The average molecular weight is 575 g/mol. The molecule has 10 heteroatoms. The summed E-state index contributed by atoms with van der Waals surface area (Å²) in [6.45, 7) is 0. The van der Waals surface area contributed by atoms with E-state index in [1.165, 1.54) is 23.1 Å². The van der Waals surface area contributed by atoms with Gasteiger partial charge in [0.05, 0.1) is 25.6 Å². The number of benzene rings is 3. The number of methoxy groups -OCH3 is 2. The summed E-state index contributed by atoms with van der Waals surface area (Å²) in [5.41, 5.74) is 8.23. The molecule has 0 radical (unpaired) electrons. The van der Waals surface area contributed by atoms with Crippen molar-refractivity contribution in [3.63, 3.8) is 0 Å². The number of rotatable bonds is 9. The highest BCUT2D eigenvalue weighted by Crippen LogP contribution is 2.38. The molecular formula is C31H31FN4O4S. The lowest BCUT2D eigenvalue weighted by atomic mass is 10.0. The van der Waals surface area contributed by atoms with Crippen LogP contribution in [0.1, 0.15) is 47.0 Å². The summed E-state index contributed by atoms with van der Waals surface area (Å²) < 4.78 is 30.4. The van der Waals surface area contributed by atoms with E-state index in [0.29, 0.717) is 28.3 Å². The van der Waals surface area contributed by atoms with E-state index in [0.717, 1.165) is 37.2 Å². The number of para-hydroxylation sites is 1. The smallest absolute Gasteiger partial charge is 0.273 e. The van der Waals surface area contributed by atoms with Crippen molar-refractivity contribution in [2.75, 3.05) is 24.9 Å². The van der Waals surface area contributed by atoms with Crippen molar-refractivity contribution < 1.29 is 23.5 Å². The molecule has 0 aliphatic heterocycles. The van der Waals surface area contributed by atoms with Crippen molar-refractivity contribution in [3.05, 3.63) is 89.1 Å². The van der Waals surface area contributed by atoms with Gasteiger partial charge in [-0.05, 0) is 78.5 Å². The average Bonchev–Trinajstić information content (AvgIpc) is 3.65. The molecule has 1 saturated carbocycles. The number of hydrogen-bond donors (Lipinski definition) is 2. The third-order valence-corrected chi connectivity index (χ3v) is 8.11. The zero-order chi connectivity index (χ0) is 28.9. The van der Waals surface area contributed by atoms with E-state index in [-0.39, 0.29) is 22.3 Å². The Labute approximate surface area is 242 Å². The number of nitrogens with two attached hydrogens (primary N) is 1. The fourth-order valence-corrected chi connectivity index (χ4v) is 5.84. The third kappa shape index (κ3) is 5.88. The molecule has 0 unspecified atom stereocenters. The molecule has 4 aromatic rings. The molecule has 0 saturated heterocycles. The van der Waals surface area contributed by atoms with E-state index in [2.05, 4.69) is 9.69 Å². The number of ether oxygens (including phenoxy) is 2. The second kappa shape index (κ2) is 12.4. The molecule has 5 rings (SSSR count). The summed E-state index contributed by atoms with van der Waals surface area (Å²) >= 11 is 0.910. The van der Waals surface area contributed by atoms with Gasteiger partial charge >= 0.3 is 0 Å². The number of nitrogen functional groups attached to an aromatic ring is 1. The molecule has 8 nitrogen and oxygen atoms in total. The lowest BCUT2D eigenvalue weighted by molar-refractivity contribution is -0.123. The molecule has 1 heterocycles. The molecule has 1 atom stereocenters. The fraction of sp³-hybridized carbons (Fsp3) is 0.258. The van der Waals surface area contributed by atoms with Crippen LogP contribution in [0.15, 0.2) is 72.8 Å². The number of anilines is 2. The van der Waals surface area contributed by atoms with E-state index in [9.17, 15) is 9.59 Å². The van der Waals surface area contributed by atoms with Gasteiger partial charge in [-0.15, -0.1) is 0 Å². The first-order chi connectivity index (χ1) is 19.9. The Balaban J connectivity index is 1.61. The van der Waals surface area contributed by atoms with Crippen LogP contribution < -0.4 is 25.4 Å². The predicted molar refractivity (Wildman–Crippen MR) is 158 cm³/mol. The van der Waals surface area contributed by atoms with Gasteiger partial charge in [0, 0.05) is 11.6 Å². The van der Waals surface area contributed by atoms with Crippen LogP contribution in [0.2, 0.25) is 0 Å². The molecule has 2 amide bonds. The summed E-state index contributed by atoms with van der Waals surface area (Å²) in [5.74, 6) is -0.431. The molecule has 1 aromatic heterocycles. The van der Waals surface area contributed by atoms with E-state index in [4.69, 9.17) is 15.2 Å². The first-order valence-corrected chi connectivity index (χ1v) is 14.1. The van der Waals surface area contributed by atoms with Crippen LogP contribution >= 0.6 is 11.5 Å². The van der Waals surface area contributed by atoms with Crippen molar-refractivity contribution in [2.24, 2.45) is 0 Å². The molecule has 212 valence electrons. The highest BCUT2D eigenvalue weighted by molar-refractivity contribution is 7.09. The third-order valence-electron chi connectivity index (χ3n) is 7.26. The normalized spacial score (nSPS) is 13.9. The topological polar surface area (TPSA) is 107 Å². The molecular weight excluding hydrogens is 543 g/mol. The number of halogens is 1. The first kappa shape index (κ1) is 28.1. The maximum Gasteiger partial charge on any atom is 0.273 e. The largest absolute Gasteiger partial charge is 0.497 e. The van der Waals surface area contributed by atoms with Crippen LogP contribution in [0.25, 0.3) is 11.3 Å². The van der Waals surface area contributed by atoms with Gasteiger partial charge in [0.15, 0.2) is 0 Å². The minimum atomic E-state index is -1.18. The lowest BCUT2D eigenvalue weighted by Gasteiger charge is -2.32. The van der Waals surface area contributed by atoms with Crippen LogP contribution in [-0.2, 0) is 4.79 Å². The zero-order valence-corrected chi connectivity index (χ0v) is 23.6. The minimum Gasteiger partial charge on any atom is -0.497 e. The van der Waals surface area contributed by atoms with Gasteiger partial charge in [-0.25, -0.2) is 4.39 Å². The molecule has 3 aromatic carbocycles. The number of carbonyl (C=O) groups is 2. The van der Waals surface area contributed by atoms with E-state index in [1.807, 2.05) is 0 Å². The Kier molecular flexibility index (Phi) is 8.49. The fourth-order valence-electron chi connectivity index (χ4n) is 5.08. The van der Waals surface area contributed by atoms with Gasteiger partial charge in [-0.3, -0.25) is 14.5 Å². The first-order valence-electron chi connectivity index (χ1n) is 13.3. The van der Waals surface area contributed by atoms with Crippen LogP contribution in [0.3, 0.4) is 0 Å². The Bertz CT molecular complexity index is 1520. The lowest BCUT2D eigenvalue weighted by Crippen LogP contribution is -2.46. The second-order valence-corrected chi connectivity index (χ2v) is 10.6. The molecule has 41 heavy (non-hydrogen) atoms. The van der Waals surface area contributed by atoms with Crippen molar-refractivity contribution in [1.82, 2.24) is 9.69 Å². The molecule has 1 aliphatic rings. The van der Waals surface area contributed by atoms with Crippen molar-refractivity contribution in [3.8, 4) is 22.8 Å². The van der Waals surface area contributed by atoms with Crippen LogP contribution in [-0.4, -0.2) is 36.4 Å². The summed E-state index contributed by atoms with van der Waals surface area (Å²) in [6, 6.07) is 18.7. The number of hydrogen-bond acceptors (Lipinski definition) is 7. The summed E-state index contributed by atoms with van der Waals surface area (Å²) in [7, 11) is 3.11. The summed E-state index contributed by atoms with van der Waals surface area (Å²) in [5, 5.41) is 3.10. The quantitative estimate of drug-likeness (QED) is 0.254. The molecule has 1 fully saturated rings. The van der Waals surface area contributed by atoms with Crippen molar-refractivity contribution >= 4 is 34.7 Å². The molecule has 0 spiro atoms. The predicted octanol–water partition coefficient (Wildman–Crippen LogP) is 6.00. The zero-order valence-electron chi connectivity index (χ0n) is 22.8. The number of nitrogens with one attached hydrogen (secondary N) is 1. The Morgan fingerprint density at radius 1 is 0.976 bits per heavy atom. The summed E-state index contributed by atoms with van der Waals surface area (Å²) in [4.78, 5) is 29.6. The maximum atomic E-state index is 15.4. The standard InChI is InChI=1S/C31H31FN4O4S/c1-39-22-15-11-19(12-16-22)27-26(33)29(41-35-27)31(38)36(25-10-6-5-9-24(25)32)28(20-13-17-23(40-2)18-14-20)30(37)34-21-7-3-4-8-21/h5-6,9-18,21,28H,3-4,7-8,33H2,1-2H3,(H,34,37)/t28-/m0/s1. The van der Waals surface area contributed by atoms with Crippen molar-refractivity contribution in [1.29, 1.82) is 0 Å². The van der Waals surface area contributed by atoms with Gasteiger partial charge in [0.25, 0.3) is 5.91 Å². The SMILES string of the molecule is COc1ccc(-c2nsc(C(=O)N(c3ccccc3F)[C@H](C(=O)NC3CCCC3)c3ccc(OC)cc3)c2N)cc1. The van der Waals surface area contributed by atoms with Crippen LogP contribution in [0, 0.1) is 5.82 Å². The van der Waals surface area contributed by atoms with Crippen LogP contribution in [0.4, 0.5) is 15.8 Å². The molecule has 0 bridgehead atoms. The maximum absolute atomic E-state index is 15.4. The number of nitrogens with zero attached hydrogens (tertiary/aromatic N) is 2. The Hall–Kier alpha value is -4.44. The number of carbonyl (C=O) groups excluding carboxylic acids is 2. The number of aromatic nitrogens is 1. The minimum absolute atomic E-state index is 0.0176. The molecule has 3 N–H and O–H groups in total. The Morgan fingerprint density at radius 2 is 1.59 bits per heavy atom. The van der Waals surface area contributed by atoms with Gasteiger partial charge < -0.3 is 20.5 Å².